The summed E-state index contributed by atoms with van der Waals surface area (Å²) in [6, 6.07) is 12.0. The van der Waals surface area contributed by atoms with Gasteiger partial charge in [0.15, 0.2) is 0 Å². The molecule has 0 radical (unpaired) electrons. The number of thiophene rings is 1. The van der Waals surface area contributed by atoms with E-state index in [1.165, 1.54) is 18.5 Å². The van der Waals surface area contributed by atoms with Gasteiger partial charge in [0.25, 0.3) is 5.89 Å². The molecule has 1 aliphatic rings. The van der Waals surface area contributed by atoms with Crippen LogP contribution >= 0.6 is 11.3 Å². The summed E-state index contributed by atoms with van der Waals surface area (Å²) in [6.45, 7) is 5.82. The van der Waals surface area contributed by atoms with E-state index in [4.69, 9.17) is 4.42 Å². The molecule has 0 bridgehead atoms. The van der Waals surface area contributed by atoms with Gasteiger partial charge < -0.3 is 14.6 Å². The molecule has 3 aromatic rings. The number of carbonyl (C=O) groups excluding carboxylic acids is 1. The maximum Gasteiger partial charge on any atom is 0.257 e. The standard InChI is InChI=1S/C22H27N5O2S/c1-2-11-26(16-21-24-25-22(29-21)19-6-5-14-30-19)15-20(28)23-17-7-9-18(10-8-17)27-12-3-4-13-27/h5-10,14H,2-4,11-13,15-16H2,1H3,(H,23,28). The number of amides is 1. The van der Waals surface area contributed by atoms with E-state index in [2.05, 4.69) is 39.5 Å². The van der Waals surface area contributed by atoms with Crippen LogP contribution in [0.4, 0.5) is 11.4 Å². The Kier molecular flexibility index (Phi) is 6.76. The maximum atomic E-state index is 12.6. The fourth-order valence-electron chi connectivity index (χ4n) is 3.67. The molecule has 3 heterocycles. The summed E-state index contributed by atoms with van der Waals surface area (Å²) >= 11 is 1.56. The number of nitrogens with one attached hydrogen (secondary N) is 1. The molecule has 0 atom stereocenters. The Labute approximate surface area is 180 Å². The van der Waals surface area contributed by atoms with Gasteiger partial charge in [-0.25, -0.2) is 0 Å². The van der Waals surface area contributed by atoms with Crippen molar-refractivity contribution in [1.82, 2.24) is 15.1 Å². The van der Waals surface area contributed by atoms with E-state index in [0.717, 1.165) is 36.6 Å². The summed E-state index contributed by atoms with van der Waals surface area (Å²) < 4.78 is 5.78. The van der Waals surface area contributed by atoms with Crippen molar-refractivity contribution in [3.05, 3.63) is 47.7 Å². The van der Waals surface area contributed by atoms with Gasteiger partial charge in [-0.1, -0.05) is 13.0 Å². The lowest BCUT2D eigenvalue weighted by Gasteiger charge is -2.20. The summed E-state index contributed by atoms with van der Waals surface area (Å²) in [5, 5.41) is 13.2. The second kappa shape index (κ2) is 9.86. The third kappa shape index (κ3) is 5.25. The van der Waals surface area contributed by atoms with Crippen LogP contribution in [-0.2, 0) is 11.3 Å². The minimum absolute atomic E-state index is 0.0460. The quantitative estimate of drug-likeness (QED) is 0.552. The van der Waals surface area contributed by atoms with Crippen molar-refractivity contribution >= 4 is 28.6 Å². The highest BCUT2D eigenvalue weighted by molar-refractivity contribution is 7.13. The van der Waals surface area contributed by atoms with Gasteiger partial charge in [-0.3, -0.25) is 9.69 Å². The van der Waals surface area contributed by atoms with Crippen molar-refractivity contribution < 1.29 is 9.21 Å². The van der Waals surface area contributed by atoms with Gasteiger partial charge >= 0.3 is 0 Å². The van der Waals surface area contributed by atoms with Gasteiger partial charge in [0.05, 0.1) is 18.0 Å². The molecule has 0 saturated carbocycles. The Balaban J connectivity index is 1.32. The third-order valence-electron chi connectivity index (χ3n) is 5.09. The number of carbonyl (C=O) groups is 1. The van der Waals surface area contributed by atoms with E-state index in [1.54, 1.807) is 11.3 Å². The van der Waals surface area contributed by atoms with Crippen molar-refractivity contribution in [1.29, 1.82) is 0 Å². The Morgan fingerprint density at radius 2 is 2.00 bits per heavy atom. The number of aromatic nitrogens is 2. The first-order valence-corrected chi connectivity index (χ1v) is 11.3. The number of benzene rings is 1. The van der Waals surface area contributed by atoms with Crippen LogP contribution in [0.3, 0.4) is 0 Å². The Morgan fingerprint density at radius 3 is 2.70 bits per heavy atom. The average molecular weight is 426 g/mol. The predicted octanol–water partition coefficient (Wildman–Crippen LogP) is 4.25. The molecule has 1 fully saturated rings. The van der Waals surface area contributed by atoms with Crippen LogP contribution < -0.4 is 10.2 Å². The largest absolute Gasteiger partial charge is 0.419 e. The summed E-state index contributed by atoms with van der Waals surface area (Å²) in [7, 11) is 0. The van der Waals surface area contributed by atoms with E-state index in [1.807, 2.05) is 34.5 Å². The van der Waals surface area contributed by atoms with Crippen LogP contribution in [0.15, 0.2) is 46.2 Å². The predicted molar refractivity (Wildman–Crippen MR) is 120 cm³/mol. The molecular formula is C22H27N5O2S. The van der Waals surface area contributed by atoms with Crippen molar-refractivity contribution in [2.24, 2.45) is 0 Å². The highest BCUT2D eigenvalue weighted by Crippen LogP contribution is 2.24. The fraction of sp³-hybridized carbons (Fsp3) is 0.409. The molecule has 0 spiro atoms. The molecule has 0 unspecified atom stereocenters. The third-order valence-corrected chi connectivity index (χ3v) is 5.94. The van der Waals surface area contributed by atoms with Crippen molar-refractivity contribution in [3.63, 3.8) is 0 Å². The first kappa shape index (κ1) is 20.6. The van der Waals surface area contributed by atoms with Crippen molar-refractivity contribution in [2.75, 3.05) is 36.4 Å². The average Bonchev–Trinajstić information content (AvgIpc) is 3.51. The molecule has 2 aromatic heterocycles. The second-order valence-electron chi connectivity index (χ2n) is 7.48. The molecule has 158 valence electrons. The number of hydrogen-bond donors (Lipinski definition) is 1. The van der Waals surface area contributed by atoms with Gasteiger partial charge in [0, 0.05) is 24.5 Å². The molecule has 1 N–H and O–H groups in total. The van der Waals surface area contributed by atoms with Crippen LogP contribution in [0, 0.1) is 0 Å². The van der Waals surface area contributed by atoms with Gasteiger partial charge in [-0.15, -0.1) is 21.5 Å². The van der Waals surface area contributed by atoms with Crippen LogP contribution in [-0.4, -0.2) is 47.2 Å². The van der Waals surface area contributed by atoms with E-state index >= 15 is 0 Å². The Morgan fingerprint density at radius 1 is 1.20 bits per heavy atom. The minimum Gasteiger partial charge on any atom is -0.419 e. The topological polar surface area (TPSA) is 74.5 Å². The summed E-state index contributed by atoms with van der Waals surface area (Å²) in [6.07, 6.45) is 3.44. The van der Waals surface area contributed by atoms with E-state index in [-0.39, 0.29) is 12.5 Å². The molecule has 8 heteroatoms. The van der Waals surface area contributed by atoms with E-state index in [9.17, 15) is 4.79 Å². The first-order valence-electron chi connectivity index (χ1n) is 10.4. The van der Waals surface area contributed by atoms with Crippen molar-refractivity contribution in [3.8, 4) is 10.8 Å². The second-order valence-corrected chi connectivity index (χ2v) is 8.43. The van der Waals surface area contributed by atoms with Crippen LogP contribution in [0.25, 0.3) is 10.8 Å². The number of anilines is 2. The van der Waals surface area contributed by atoms with E-state index < -0.39 is 0 Å². The number of rotatable bonds is 9. The summed E-state index contributed by atoms with van der Waals surface area (Å²) in [5.41, 5.74) is 2.04. The molecule has 1 amide bonds. The highest BCUT2D eigenvalue weighted by atomic mass is 32.1. The minimum atomic E-state index is -0.0460. The van der Waals surface area contributed by atoms with Crippen LogP contribution in [0.5, 0.6) is 0 Å². The molecule has 4 rings (SSSR count). The molecule has 30 heavy (non-hydrogen) atoms. The Hall–Kier alpha value is -2.71. The summed E-state index contributed by atoms with van der Waals surface area (Å²) in [4.78, 5) is 17.9. The smallest absolute Gasteiger partial charge is 0.257 e. The maximum absolute atomic E-state index is 12.6. The van der Waals surface area contributed by atoms with Crippen molar-refractivity contribution in [2.45, 2.75) is 32.7 Å². The molecule has 0 aliphatic carbocycles. The zero-order valence-corrected chi connectivity index (χ0v) is 18.0. The molecule has 7 nitrogen and oxygen atoms in total. The first-order chi connectivity index (χ1) is 14.7. The van der Waals surface area contributed by atoms with Crippen LogP contribution in [0.2, 0.25) is 0 Å². The van der Waals surface area contributed by atoms with Crippen LogP contribution in [0.1, 0.15) is 32.1 Å². The zero-order valence-electron chi connectivity index (χ0n) is 17.2. The summed E-state index contributed by atoms with van der Waals surface area (Å²) in [5.74, 6) is 1.00. The highest BCUT2D eigenvalue weighted by Gasteiger charge is 2.16. The lowest BCUT2D eigenvalue weighted by atomic mass is 10.2. The van der Waals surface area contributed by atoms with Gasteiger partial charge in [0.1, 0.15) is 0 Å². The fourth-order valence-corrected chi connectivity index (χ4v) is 4.32. The Bertz CT molecular complexity index is 933. The molecule has 1 saturated heterocycles. The van der Waals surface area contributed by atoms with Gasteiger partial charge in [0.2, 0.25) is 11.8 Å². The zero-order chi connectivity index (χ0) is 20.8. The van der Waals surface area contributed by atoms with Gasteiger partial charge in [-0.05, 0) is 61.5 Å². The normalized spacial score (nSPS) is 13.9. The van der Waals surface area contributed by atoms with Gasteiger partial charge in [-0.2, -0.15) is 0 Å². The molecule has 1 aliphatic heterocycles. The van der Waals surface area contributed by atoms with E-state index in [0.29, 0.717) is 18.3 Å². The molecular weight excluding hydrogens is 398 g/mol. The SMILES string of the molecule is CCCN(CC(=O)Nc1ccc(N2CCCC2)cc1)Cc1nnc(-c2cccs2)o1. The monoisotopic (exact) mass is 425 g/mol. The molecule has 1 aromatic carbocycles. The lowest BCUT2D eigenvalue weighted by Crippen LogP contribution is -2.33. The number of nitrogens with zero attached hydrogens (tertiary/aromatic N) is 4. The number of hydrogen-bond acceptors (Lipinski definition) is 7. The lowest BCUT2D eigenvalue weighted by molar-refractivity contribution is -0.117.